The lowest BCUT2D eigenvalue weighted by Crippen LogP contribution is -2.13. The molecule has 2 aromatic rings. The molecule has 5 heteroatoms. The van der Waals surface area contributed by atoms with Crippen molar-refractivity contribution in [2.45, 2.75) is 13.3 Å². The molecule has 0 saturated carbocycles. The van der Waals surface area contributed by atoms with Gasteiger partial charge in [0.15, 0.2) is 0 Å². The molecule has 128 valence electrons. The lowest BCUT2D eigenvalue weighted by molar-refractivity contribution is -0.112. The predicted octanol–water partition coefficient (Wildman–Crippen LogP) is 4.03. The Morgan fingerprint density at radius 3 is 2.60 bits per heavy atom. The highest BCUT2D eigenvalue weighted by Crippen LogP contribution is 2.18. The number of methoxy groups -OCH3 is 1. The minimum Gasteiger partial charge on any atom is -0.497 e. The molecule has 5 nitrogen and oxygen atoms in total. The Kier molecular flexibility index (Phi) is 6.61. The standard InChI is InChI=1S/C20H20N2O3/c1-3-11-25-19-6-4-5-15(13-19)12-16(14-21)20(23)22-17-7-9-18(24-2)10-8-17/h4-10,12-13H,3,11H2,1-2H3,(H,22,23)/b16-12-. The van der Waals surface area contributed by atoms with Gasteiger partial charge in [-0.2, -0.15) is 5.26 Å². The summed E-state index contributed by atoms with van der Waals surface area (Å²) in [6, 6.07) is 16.1. The largest absolute Gasteiger partial charge is 0.497 e. The van der Waals surface area contributed by atoms with Gasteiger partial charge in [0, 0.05) is 5.69 Å². The van der Waals surface area contributed by atoms with Gasteiger partial charge in [0.05, 0.1) is 13.7 Å². The second-order valence-electron chi connectivity index (χ2n) is 5.27. The molecule has 0 aromatic heterocycles. The SMILES string of the molecule is CCCOc1cccc(/C=C(/C#N)C(=O)Nc2ccc(OC)cc2)c1. The first-order valence-corrected chi connectivity index (χ1v) is 7.96. The van der Waals surface area contributed by atoms with Crippen LogP contribution in [0.15, 0.2) is 54.1 Å². The van der Waals surface area contributed by atoms with E-state index in [1.807, 2.05) is 31.2 Å². The van der Waals surface area contributed by atoms with Gasteiger partial charge < -0.3 is 14.8 Å². The van der Waals surface area contributed by atoms with Crippen molar-refractivity contribution in [3.63, 3.8) is 0 Å². The quantitative estimate of drug-likeness (QED) is 0.612. The summed E-state index contributed by atoms with van der Waals surface area (Å²) >= 11 is 0. The molecule has 25 heavy (non-hydrogen) atoms. The number of anilines is 1. The number of hydrogen-bond acceptors (Lipinski definition) is 4. The molecule has 1 N–H and O–H groups in total. The van der Waals surface area contributed by atoms with Crippen LogP contribution in [0.25, 0.3) is 6.08 Å². The Bertz CT molecular complexity index is 789. The maximum atomic E-state index is 12.3. The van der Waals surface area contributed by atoms with Gasteiger partial charge in [0.2, 0.25) is 0 Å². The molecule has 0 atom stereocenters. The van der Waals surface area contributed by atoms with Crippen LogP contribution in [0.4, 0.5) is 5.69 Å². The number of carbonyl (C=O) groups is 1. The number of nitrogens with zero attached hydrogens (tertiary/aromatic N) is 1. The lowest BCUT2D eigenvalue weighted by Gasteiger charge is -2.07. The van der Waals surface area contributed by atoms with Gasteiger partial charge in [-0.15, -0.1) is 0 Å². The third-order valence-corrected chi connectivity index (χ3v) is 3.35. The van der Waals surface area contributed by atoms with Crippen molar-refractivity contribution in [2.75, 3.05) is 19.0 Å². The number of hydrogen-bond donors (Lipinski definition) is 1. The van der Waals surface area contributed by atoms with Crippen molar-refractivity contribution in [3.8, 4) is 17.6 Å². The van der Waals surface area contributed by atoms with Gasteiger partial charge in [0.25, 0.3) is 5.91 Å². The zero-order valence-electron chi connectivity index (χ0n) is 14.3. The fourth-order valence-electron chi connectivity index (χ4n) is 2.10. The molecule has 0 spiro atoms. The normalized spacial score (nSPS) is 10.7. The van der Waals surface area contributed by atoms with Crippen molar-refractivity contribution in [2.24, 2.45) is 0 Å². The minimum absolute atomic E-state index is 0.0171. The Morgan fingerprint density at radius 1 is 1.20 bits per heavy atom. The zero-order chi connectivity index (χ0) is 18.1. The average Bonchev–Trinajstić information content (AvgIpc) is 2.65. The van der Waals surface area contributed by atoms with Crippen molar-refractivity contribution in [3.05, 3.63) is 59.7 Å². The summed E-state index contributed by atoms with van der Waals surface area (Å²) in [7, 11) is 1.57. The molecule has 0 radical (unpaired) electrons. The number of nitrogens with one attached hydrogen (secondary N) is 1. The van der Waals surface area contributed by atoms with Crippen LogP contribution in [0, 0.1) is 11.3 Å². The molecule has 0 unspecified atom stereocenters. The van der Waals surface area contributed by atoms with E-state index in [0.29, 0.717) is 23.8 Å². The third-order valence-electron chi connectivity index (χ3n) is 3.35. The summed E-state index contributed by atoms with van der Waals surface area (Å²) in [5.74, 6) is 0.939. The first-order valence-electron chi connectivity index (χ1n) is 7.96. The van der Waals surface area contributed by atoms with E-state index in [-0.39, 0.29) is 5.57 Å². The van der Waals surface area contributed by atoms with Crippen LogP contribution < -0.4 is 14.8 Å². The van der Waals surface area contributed by atoms with E-state index in [1.165, 1.54) is 6.08 Å². The molecule has 1 amide bonds. The summed E-state index contributed by atoms with van der Waals surface area (Å²) < 4.78 is 10.6. The molecule has 0 aliphatic heterocycles. The predicted molar refractivity (Wildman–Crippen MR) is 97.4 cm³/mol. The molecule has 2 aromatic carbocycles. The lowest BCUT2D eigenvalue weighted by atomic mass is 10.1. The van der Waals surface area contributed by atoms with Crippen molar-refractivity contribution in [1.82, 2.24) is 0 Å². The van der Waals surface area contributed by atoms with Crippen molar-refractivity contribution < 1.29 is 14.3 Å². The smallest absolute Gasteiger partial charge is 0.266 e. The summed E-state index contributed by atoms with van der Waals surface area (Å²) in [6.45, 7) is 2.65. The minimum atomic E-state index is -0.465. The molecule has 0 aliphatic rings. The summed E-state index contributed by atoms with van der Waals surface area (Å²) in [4.78, 5) is 12.3. The molecule has 0 saturated heterocycles. The Labute approximate surface area is 147 Å². The maximum Gasteiger partial charge on any atom is 0.266 e. The van der Waals surface area contributed by atoms with E-state index >= 15 is 0 Å². The number of ether oxygens (including phenoxy) is 2. The number of amides is 1. The highest BCUT2D eigenvalue weighted by Gasteiger charge is 2.10. The van der Waals surface area contributed by atoms with Gasteiger partial charge in [-0.1, -0.05) is 19.1 Å². The Hall–Kier alpha value is -3.26. The topological polar surface area (TPSA) is 71.3 Å². The summed E-state index contributed by atoms with van der Waals surface area (Å²) in [5, 5.41) is 12.0. The molecule has 0 bridgehead atoms. The summed E-state index contributed by atoms with van der Waals surface area (Å²) in [6.07, 6.45) is 2.45. The van der Waals surface area contributed by atoms with Gasteiger partial charge in [0.1, 0.15) is 23.1 Å². The Balaban J connectivity index is 2.13. The number of nitriles is 1. The molecule has 0 fully saturated rings. The number of rotatable bonds is 7. The highest BCUT2D eigenvalue weighted by atomic mass is 16.5. The third kappa shape index (κ3) is 5.40. The second-order valence-corrected chi connectivity index (χ2v) is 5.27. The van der Waals surface area contributed by atoms with Crippen LogP contribution in [-0.4, -0.2) is 19.6 Å². The monoisotopic (exact) mass is 336 g/mol. The van der Waals surface area contributed by atoms with Gasteiger partial charge in [-0.25, -0.2) is 0 Å². The van der Waals surface area contributed by atoms with E-state index < -0.39 is 5.91 Å². The molecular formula is C20H20N2O3. The first kappa shape index (κ1) is 18.1. The van der Waals surface area contributed by atoms with Crippen LogP contribution in [0.5, 0.6) is 11.5 Å². The number of carbonyl (C=O) groups excluding carboxylic acids is 1. The van der Waals surface area contributed by atoms with E-state index in [4.69, 9.17) is 9.47 Å². The maximum absolute atomic E-state index is 12.3. The fourth-order valence-corrected chi connectivity index (χ4v) is 2.10. The molecule has 0 aliphatic carbocycles. The number of benzene rings is 2. The van der Waals surface area contributed by atoms with E-state index in [9.17, 15) is 10.1 Å². The zero-order valence-corrected chi connectivity index (χ0v) is 14.3. The van der Waals surface area contributed by atoms with E-state index in [0.717, 1.165) is 12.0 Å². The highest BCUT2D eigenvalue weighted by molar-refractivity contribution is 6.09. The van der Waals surface area contributed by atoms with Crippen LogP contribution in [0.2, 0.25) is 0 Å². The van der Waals surface area contributed by atoms with E-state index in [2.05, 4.69) is 5.32 Å². The summed E-state index contributed by atoms with van der Waals surface area (Å²) in [5.41, 5.74) is 1.34. The average molecular weight is 336 g/mol. The van der Waals surface area contributed by atoms with Gasteiger partial charge in [-0.3, -0.25) is 4.79 Å². The second kappa shape index (κ2) is 9.14. The fraction of sp³-hybridized carbons (Fsp3) is 0.200. The van der Waals surface area contributed by atoms with Crippen LogP contribution in [0.1, 0.15) is 18.9 Å². The van der Waals surface area contributed by atoms with E-state index in [1.54, 1.807) is 37.4 Å². The molecule has 2 rings (SSSR count). The first-order chi connectivity index (χ1) is 12.2. The van der Waals surface area contributed by atoms with Crippen LogP contribution in [-0.2, 0) is 4.79 Å². The molecule has 0 heterocycles. The van der Waals surface area contributed by atoms with Crippen LogP contribution in [0.3, 0.4) is 0 Å². The van der Waals surface area contributed by atoms with Crippen LogP contribution >= 0.6 is 0 Å². The van der Waals surface area contributed by atoms with Gasteiger partial charge >= 0.3 is 0 Å². The van der Waals surface area contributed by atoms with Crippen molar-refractivity contribution >= 4 is 17.7 Å². The van der Waals surface area contributed by atoms with Crippen molar-refractivity contribution in [1.29, 1.82) is 5.26 Å². The molecular weight excluding hydrogens is 316 g/mol. The van der Waals surface area contributed by atoms with Gasteiger partial charge in [-0.05, 0) is 54.5 Å². The Morgan fingerprint density at radius 2 is 1.96 bits per heavy atom.